The average molecular weight is 334 g/mol. The molecule has 0 saturated heterocycles. The van der Waals surface area contributed by atoms with E-state index in [1.54, 1.807) is 19.1 Å². The quantitative estimate of drug-likeness (QED) is 0.680. The number of benzene rings is 1. The van der Waals surface area contributed by atoms with Crippen molar-refractivity contribution in [3.05, 3.63) is 28.8 Å². The van der Waals surface area contributed by atoms with E-state index in [4.69, 9.17) is 16.7 Å². The third-order valence-electron chi connectivity index (χ3n) is 3.05. The smallest absolute Gasteiger partial charge is 0.303 e. The molecular weight excluding hydrogens is 314 g/mol. The van der Waals surface area contributed by atoms with Crippen molar-refractivity contribution < 1.29 is 18.3 Å². The number of unbranched alkanes of at least 4 members (excludes halogenated alkanes) is 3. The Hall–Kier alpha value is -1.11. The Morgan fingerprint density at radius 1 is 1.24 bits per heavy atom. The number of hydrogen-bond acceptors (Lipinski definition) is 3. The van der Waals surface area contributed by atoms with Crippen LogP contribution in [0.3, 0.4) is 0 Å². The number of hydrogen-bond donors (Lipinski definition) is 2. The Bertz CT molecular complexity index is 587. The van der Waals surface area contributed by atoms with Crippen molar-refractivity contribution in [2.75, 3.05) is 6.54 Å². The van der Waals surface area contributed by atoms with E-state index in [2.05, 4.69) is 4.72 Å². The first-order valence-electron chi connectivity index (χ1n) is 6.80. The van der Waals surface area contributed by atoms with Gasteiger partial charge in [-0.25, -0.2) is 13.1 Å². The van der Waals surface area contributed by atoms with E-state index < -0.39 is 16.0 Å². The molecule has 0 radical (unpaired) electrons. The Morgan fingerprint density at radius 2 is 1.90 bits per heavy atom. The number of rotatable bonds is 9. The zero-order valence-electron chi connectivity index (χ0n) is 11.9. The van der Waals surface area contributed by atoms with Crippen molar-refractivity contribution >= 4 is 27.6 Å². The Balaban J connectivity index is 2.40. The summed E-state index contributed by atoms with van der Waals surface area (Å²) in [4.78, 5) is 10.5. The lowest BCUT2D eigenvalue weighted by molar-refractivity contribution is -0.137. The average Bonchev–Trinajstić information content (AvgIpc) is 2.40. The maximum Gasteiger partial charge on any atom is 0.303 e. The van der Waals surface area contributed by atoms with Crippen LogP contribution in [0.4, 0.5) is 0 Å². The van der Waals surface area contributed by atoms with Gasteiger partial charge in [0.15, 0.2) is 0 Å². The fourth-order valence-electron chi connectivity index (χ4n) is 1.90. The van der Waals surface area contributed by atoms with Crippen LogP contribution in [0.15, 0.2) is 23.1 Å². The van der Waals surface area contributed by atoms with Gasteiger partial charge in [0.2, 0.25) is 10.0 Å². The highest BCUT2D eigenvalue weighted by molar-refractivity contribution is 7.89. The predicted molar refractivity (Wildman–Crippen MR) is 82.1 cm³/mol. The van der Waals surface area contributed by atoms with Crippen LogP contribution in [0.25, 0.3) is 0 Å². The molecule has 1 aromatic carbocycles. The lowest BCUT2D eigenvalue weighted by atomic mass is 10.1. The monoisotopic (exact) mass is 333 g/mol. The van der Waals surface area contributed by atoms with Crippen LogP contribution in [0.5, 0.6) is 0 Å². The molecule has 0 fully saturated rings. The first-order valence-corrected chi connectivity index (χ1v) is 8.66. The summed E-state index contributed by atoms with van der Waals surface area (Å²) in [6, 6.07) is 4.76. The van der Waals surface area contributed by atoms with E-state index in [1.165, 1.54) is 6.07 Å². The summed E-state index contributed by atoms with van der Waals surface area (Å²) in [6.45, 7) is 2.05. The summed E-state index contributed by atoms with van der Waals surface area (Å²) in [5.41, 5.74) is 0.647. The molecule has 118 valence electrons. The number of carbonyl (C=O) groups is 1. The molecule has 0 bridgehead atoms. The normalized spacial score (nSPS) is 11.5. The summed E-state index contributed by atoms with van der Waals surface area (Å²) >= 11 is 5.83. The standard InChI is InChI=1S/C14H20ClNO4S/c1-11-7-8-12(15)10-13(11)21(19,20)16-9-5-3-2-4-6-14(17)18/h7-8,10,16H,2-6,9H2,1H3,(H,17,18). The lowest BCUT2D eigenvalue weighted by Gasteiger charge is -2.09. The van der Waals surface area contributed by atoms with Crippen molar-refractivity contribution in [2.45, 2.75) is 43.9 Å². The van der Waals surface area contributed by atoms with Crippen LogP contribution in [0, 0.1) is 6.92 Å². The van der Waals surface area contributed by atoms with E-state index in [1.807, 2.05) is 0 Å². The highest BCUT2D eigenvalue weighted by Crippen LogP contribution is 2.19. The molecule has 1 rings (SSSR count). The van der Waals surface area contributed by atoms with Gasteiger partial charge >= 0.3 is 5.97 Å². The molecule has 2 N–H and O–H groups in total. The Morgan fingerprint density at radius 3 is 2.57 bits per heavy atom. The van der Waals surface area contributed by atoms with Crippen molar-refractivity contribution in [3.8, 4) is 0 Å². The molecule has 0 saturated carbocycles. The fraction of sp³-hybridized carbons (Fsp3) is 0.500. The zero-order chi connectivity index (χ0) is 15.9. The number of carboxylic acid groups (broad SMARTS) is 1. The van der Waals surface area contributed by atoms with Gasteiger partial charge in [0.25, 0.3) is 0 Å². The first-order chi connectivity index (χ1) is 9.83. The van der Waals surface area contributed by atoms with Crippen molar-refractivity contribution in [3.63, 3.8) is 0 Å². The lowest BCUT2D eigenvalue weighted by Crippen LogP contribution is -2.25. The van der Waals surface area contributed by atoms with Crippen LogP contribution in [0.1, 0.15) is 37.7 Å². The van der Waals surface area contributed by atoms with E-state index in [0.29, 0.717) is 30.0 Å². The van der Waals surface area contributed by atoms with Crippen LogP contribution in [-0.4, -0.2) is 26.0 Å². The number of carboxylic acids is 1. The van der Waals surface area contributed by atoms with Crippen molar-refractivity contribution in [1.82, 2.24) is 4.72 Å². The maximum atomic E-state index is 12.1. The maximum absolute atomic E-state index is 12.1. The molecule has 0 aromatic heterocycles. The first kappa shape index (κ1) is 17.9. The second-order valence-electron chi connectivity index (χ2n) is 4.87. The van der Waals surface area contributed by atoms with E-state index in [9.17, 15) is 13.2 Å². The molecule has 0 aliphatic heterocycles. The molecule has 0 aliphatic rings. The zero-order valence-corrected chi connectivity index (χ0v) is 13.5. The third-order valence-corrected chi connectivity index (χ3v) is 4.89. The van der Waals surface area contributed by atoms with Gasteiger partial charge in [0.05, 0.1) is 4.90 Å². The van der Waals surface area contributed by atoms with Gasteiger partial charge in [0, 0.05) is 18.0 Å². The summed E-state index contributed by atoms with van der Waals surface area (Å²) in [7, 11) is -3.55. The molecular formula is C14H20ClNO4S. The fourth-order valence-corrected chi connectivity index (χ4v) is 3.48. The minimum Gasteiger partial charge on any atom is -0.481 e. The molecule has 21 heavy (non-hydrogen) atoms. The van der Waals surface area contributed by atoms with E-state index in [-0.39, 0.29) is 11.3 Å². The van der Waals surface area contributed by atoms with Gasteiger partial charge in [0.1, 0.15) is 0 Å². The largest absolute Gasteiger partial charge is 0.481 e. The number of aliphatic carboxylic acids is 1. The number of halogens is 1. The van der Waals surface area contributed by atoms with Crippen molar-refractivity contribution in [1.29, 1.82) is 0 Å². The summed E-state index contributed by atoms with van der Waals surface area (Å²) in [6.07, 6.45) is 3.04. The number of aryl methyl sites for hydroxylation is 1. The van der Waals surface area contributed by atoms with Gasteiger partial charge < -0.3 is 5.11 Å². The SMILES string of the molecule is Cc1ccc(Cl)cc1S(=O)(=O)NCCCCCCC(=O)O. The molecule has 0 atom stereocenters. The van der Waals surface area contributed by atoms with Gasteiger partial charge in [-0.15, -0.1) is 0 Å². The second kappa shape index (κ2) is 8.36. The van der Waals surface area contributed by atoms with Gasteiger partial charge in [-0.2, -0.15) is 0 Å². The summed E-state index contributed by atoms with van der Waals surface area (Å²) < 4.78 is 26.8. The topological polar surface area (TPSA) is 83.5 Å². The summed E-state index contributed by atoms with van der Waals surface area (Å²) in [5, 5.41) is 8.88. The number of sulfonamides is 1. The minimum absolute atomic E-state index is 0.160. The Labute approximate surface area is 130 Å². The molecule has 5 nitrogen and oxygen atoms in total. The Kier molecular flexibility index (Phi) is 7.14. The molecule has 0 aliphatic carbocycles. The van der Waals surface area contributed by atoms with Crippen molar-refractivity contribution in [2.24, 2.45) is 0 Å². The third kappa shape index (κ3) is 6.46. The van der Waals surface area contributed by atoms with Gasteiger partial charge in [-0.3, -0.25) is 4.79 Å². The molecule has 0 unspecified atom stereocenters. The highest BCUT2D eigenvalue weighted by atomic mass is 35.5. The van der Waals surface area contributed by atoms with E-state index >= 15 is 0 Å². The summed E-state index contributed by atoms with van der Waals surface area (Å²) in [5.74, 6) is -0.799. The van der Waals surface area contributed by atoms with Crippen LogP contribution >= 0.6 is 11.6 Å². The van der Waals surface area contributed by atoms with E-state index in [0.717, 1.165) is 12.8 Å². The van der Waals surface area contributed by atoms with Crippen LogP contribution in [-0.2, 0) is 14.8 Å². The molecule has 1 aromatic rings. The predicted octanol–water partition coefficient (Wildman–Crippen LogP) is 2.96. The van der Waals surface area contributed by atoms with Gasteiger partial charge in [-0.05, 0) is 37.5 Å². The highest BCUT2D eigenvalue weighted by Gasteiger charge is 2.16. The van der Waals surface area contributed by atoms with Crippen LogP contribution in [0.2, 0.25) is 5.02 Å². The second-order valence-corrected chi connectivity index (χ2v) is 7.04. The molecule has 0 heterocycles. The van der Waals surface area contributed by atoms with Gasteiger partial charge in [-0.1, -0.05) is 30.5 Å². The number of nitrogens with one attached hydrogen (secondary N) is 1. The molecule has 0 spiro atoms. The van der Waals surface area contributed by atoms with Crippen LogP contribution < -0.4 is 4.72 Å². The minimum atomic E-state index is -3.55. The molecule has 7 heteroatoms. The molecule has 0 amide bonds.